The summed E-state index contributed by atoms with van der Waals surface area (Å²) in [6, 6.07) is 15.2. The van der Waals surface area contributed by atoms with E-state index in [-0.39, 0.29) is 0 Å². The molecule has 0 N–H and O–H groups in total. The van der Waals surface area contributed by atoms with Crippen LogP contribution in [0.2, 0.25) is 0 Å². The molecule has 110 valence electrons. The van der Waals surface area contributed by atoms with Crippen molar-refractivity contribution in [3.63, 3.8) is 0 Å². The Morgan fingerprint density at radius 3 is 1.82 bits per heavy atom. The maximum absolute atomic E-state index is 5.16. The smallest absolute Gasteiger partial charge is 0.182 e. The third-order valence-corrected chi connectivity index (χ3v) is 3.29. The van der Waals surface area contributed by atoms with Crippen LogP contribution in [0.4, 0.5) is 0 Å². The second-order valence-corrected chi connectivity index (χ2v) is 4.62. The molecule has 2 aromatic carbocycles. The summed E-state index contributed by atoms with van der Waals surface area (Å²) in [5.74, 6) is 2.18. The highest BCUT2D eigenvalue weighted by Gasteiger charge is 2.06. The van der Waals surface area contributed by atoms with Gasteiger partial charge in [0.25, 0.3) is 0 Å². The topological polar surface area (TPSA) is 57.1 Å². The van der Waals surface area contributed by atoms with Gasteiger partial charge >= 0.3 is 0 Å². The number of nitrogens with zero attached hydrogens (tertiary/aromatic N) is 3. The van der Waals surface area contributed by atoms with E-state index in [2.05, 4.69) is 15.2 Å². The molecule has 0 radical (unpaired) electrons. The van der Waals surface area contributed by atoms with Gasteiger partial charge in [-0.2, -0.15) is 5.10 Å². The average Bonchev–Trinajstić information content (AvgIpc) is 2.62. The van der Waals surface area contributed by atoms with Gasteiger partial charge in [0, 0.05) is 11.1 Å². The Balaban J connectivity index is 1.93. The standard InChI is InChI=1S/C17H15N3O2/c1-21-14-7-3-12(4-8-14)16-11-18-20-17(19-16)13-5-9-15(22-2)10-6-13/h3-11H,1-2H3. The van der Waals surface area contributed by atoms with Gasteiger partial charge in [-0.15, -0.1) is 5.10 Å². The molecule has 3 aromatic rings. The SMILES string of the molecule is COc1ccc(-c2cnnc(-c3ccc(OC)cc3)n2)cc1. The molecule has 0 aliphatic heterocycles. The molecule has 0 amide bonds. The second-order valence-electron chi connectivity index (χ2n) is 4.62. The van der Waals surface area contributed by atoms with Crippen molar-refractivity contribution in [3.05, 3.63) is 54.7 Å². The van der Waals surface area contributed by atoms with Crippen LogP contribution in [0.3, 0.4) is 0 Å². The Hall–Kier alpha value is -2.95. The van der Waals surface area contributed by atoms with Crippen molar-refractivity contribution in [2.75, 3.05) is 14.2 Å². The van der Waals surface area contributed by atoms with Crippen LogP contribution in [-0.2, 0) is 0 Å². The molecule has 0 fully saturated rings. The highest BCUT2D eigenvalue weighted by atomic mass is 16.5. The fourth-order valence-electron chi connectivity index (χ4n) is 2.07. The van der Waals surface area contributed by atoms with Gasteiger partial charge in [-0.1, -0.05) is 0 Å². The van der Waals surface area contributed by atoms with Crippen molar-refractivity contribution in [2.24, 2.45) is 0 Å². The molecule has 0 bridgehead atoms. The van der Waals surface area contributed by atoms with E-state index in [0.29, 0.717) is 5.82 Å². The Labute approximate surface area is 128 Å². The van der Waals surface area contributed by atoms with Crippen molar-refractivity contribution < 1.29 is 9.47 Å². The number of benzene rings is 2. The second kappa shape index (κ2) is 6.22. The monoisotopic (exact) mass is 293 g/mol. The predicted octanol–water partition coefficient (Wildman–Crippen LogP) is 3.22. The molecule has 5 nitrogen and oxygen atoms in total. The summed E-state index contributed by atoms with van der Waals surface area (Å²) in [5.41, 5.74) is 2.62. The van der Waals surface area contributed by atoms with E-state index in [9.17, 15) is 0 Å². The Bertz CT molecular complexity index is 693. The molecule has 0 spiro atoms. The normalized spacial score (nSPS) is 10.3. The summed E-state index contributed by atoms with van der Waals surface area (Å²) in [6.07, 6.45) is 1.65. The molecule has 1 heterocycles. The van der Waals surface area contributed by atoms with Gasteiger partial charge in [-0.25, -0.2) is 4.98 Å². The van der Waals surface area contributed by atoms with E-state index in [1.54, 1.807) is 20.4 Å². The summed E-state index contributed by atoms with van der Waals surface area (Å²) >= 11 is 0. The van der Waals surface area contributed by atoms with Crippen molar-refractivity contribution in [1.29, 1.82) is 0 Å². The molecule has 5 heteroatoms. The molecule has 0 aliphatic rings. The lowest BCUT2D eigenvalue weighted by molar-refractivity contribution is 0.415. The van der Waals surface area contributed by atoms with Crippen LogP contribution < -0.4 is 9.47 Å². The number of ether oxygens (including phenoxy) is 2. The highest BCUT2D eigenvalue weighted by molar-refractivity contribution is 5.63. The van der Waals surface area contributed by atoms with Gasteiger partial charge in [0.1, 0.15) is 11.5 Å². The minimum Gasteiger partial charge on any atom is -0.497 e. The van der Waals surface area contributed by atoms with Gasteiger partial charge in [0.2, 0.25) is 0 Å². The predicted molar refractivity (Wildman–Crippen MR) is 83.8 cm³/mol. The lowest BCUT2D eigenvalue weighted by Crippen LogP contribution is -1.95. The molecule has 0 saturated heterocycles. The lowest BCUT2D eigenvalue weighted by Gasteiger charge is -2.05. The van der Waals surface area contributed by atoms with Crippen LogP contribution >= 0.6 is 0 Å². The van der Waals surface area contributed by atoms with E-state index in [1.165, 1.54) is 0 Å². The van der Waals surface area contributed by atoms with Crippen LogP contribution in [0, 0.1) is 0 Å². The maximum atomic E-state index is 5.16. The van der Waals surface area contributed by atoms with Crippen LogP contribution in [0.1, 0.15) is 0 Å². The fraction of sp³-hybridized carbons (Fsp3) is 0.118. The maximum Gasteiger partial charge on any atom is 0.182 e. The third kappa shape index (κ3) is 2.88. The minimum absolute atomic E-state index is 0.580. The fourth-order valence-corrected chi connectivity index (χ4v) is 2.07. The summed E-state index contributed by atoms with van der Waals surface area (Å²) in [7, 11) is 3.28. The molecule has 22 heavy (non-hydrogen) atoms. The van der Waals surface area contributed by atoms with Gasteiger partial charge in [0.05, 0.1) is 26.1 Å². The van der Waals surface area contributed by atoms with E-state index >= 15 is 0 Å². The van der Waals surface area contributed by atoms with Crippen molar-refractivity contribution in [1.82, 2.24) is 15.2 Å². The molecular weight excluding hydrogens is 278 g/mol. The number of methoxy groups -OCH3 is 2. The van der Waals surface area contributed by atoms with Crippen LogP contribution in [-0.4, -0.2) is 29.4 Å². The van der Waals surface area contributed by atoms with Crippen LogP contribution in [0.25, 0.3) is 22.6 Å². The number of hydrogen-bond acceptors (Lipinski definition) is 5. The molecule has 0 unspecified atom stereocenters. The first kappa shape index (κ1) is 14.0. The van der Waals surface area contributed by atoms with Crippen molar-refractivity contribution in [3.8, 4) is 34.1 Å². The number of aromatic nitrogens is 3. The molecule has 1 aromatic heterocycles. The zero-order chi connectivity index (χ0) is 15.4. The molecule has 3 rings (SSSR count). The van der Waals surface area contributed by atoms with Crippen LogP contribution in [0.15, 0.2) is 54.7 Å². The average molecular weight is 293 g/mol. The largest absolute Gasteiger partial charge is 0.497 e. The van der Waals surface area contributed by atoms with Crippen LogP contribution in [0.5, 0.6) is 11.5 Å². The quantitative estimate of drug-likeness (QED) is 0.739. The highest BCUT2D eigenvalue weighted by Crippen LogP contribution is 2.23. The first-order chi connectivity index (χ1) is 10.8. The Kier molecular flexibility index (Phi) is 3.96. The first-order valence-corrected chi connectivity index (χ1v) is 6.79. The van der Waals surface area contributed by atoms with E-state index < -0.39 is 0 Å². The van der Waals surface area contributed by atoms with Crippen molar-refractivity contribution in [2.45, 2.75) is 0 Å². The summed E-state index contributed by atoms with van der Waals surface area (Å²) < 4.78 is 10.3. The zero-order valence-electron chi connectivity index (χ0n) is 12.4. The van der Waals surface area contributed by atoms with E-state index in [4.69, 9.17) is 9.47 Å². The van der Waals surface area contributed by atoms with Gasteiger partial charge in [-0.05, 0) is 48.5 Å². The van der Waals surface area contributed by atoms with E-state index in [1.807, 2.05) is 48.5 Å². The third-order valence-electron chi connectivity index (χ3n) is 3.29. The summed E-state index contributed by atoms with van der Waals surface area (Å²) in [5, 5.41) is 8.15. The Morgan fingerprint density at radius 1 is 0.727 bits per heavy atom. The number of hydrogen-bond donors (Lipinski definition) is 0. The van der Waals surface area contributed by atoms with Crippen molar-refractivity contribution >= 4 is 0 Å². The summed E-state index contributed by atoms with van der Waals surface area (Å²) in [6.45, 7) is 0. The minimum atomic E-state index is 0.580. The Morgan fingerprint density at radius 2 is 1.27 bits per heavy atom. The molecule has 0 saturated carbocycles. The molecule has 0 atom stereocenters. The first-order valence-electron chi connectivity index (χ1n) is 6.79. The number of rotatable bonds is 4. The molecular formula is C17H15N3O2. The lowest BCUT2D eigenvalue weighted by atomic mass is 10.1. The zero-order valence-corrected chi connectivity index (χ0v) is 12.4. The van der Waals surface area contributed by atoms with Gasteiger partial charge < -0.3 is 9.47 Å². The van der Waals surface area contributed by atoms with E-state index in [0.717, 1.165) is 28.3 Å². The summed E-state index contributed by atoms with van der Waals surface area (Å²) in [4.78, 5) is 4.57. The van der Waals surface area contributed by atoms with Gasteiger partial charge in [0.15, 0.2) is 5.82 Å². The van der Waals surface area contributed by atoms with Gasteiger partial charge in [-0.3, -0.25) is 0 Å². The molecule has 0 aliphatic carbocycles.